The summed E-state index contributed by atoms with van der Waals surface area (Å²) in [5.74, 6) is 0. The van der Waals surface area contributed by atoms with E-state index in [9.17, 15) is 5.11 Å². The number of aliphatic hydroxyl groups is 1. The van der Waals surface area contributed by atoms with Crippen molar-refractivity contribution in [1.29, 1.82) is 0 Å². The molecule has 0 amide bonds. The van der Waals surface area contributed by atoms with Crippen LogP contribution in [0, 0.1) is 0 Å². The molecule has 16 heavy (non-hydrogen) atoms. The van der Waals surface area contributed by atoms with Gasteiger partial charge in [-0.2, -0.15) is 10.2 Å². The molecule has 0 aliphatic carbocycles. The summed E-state index contributed by atoms with van der Waals surface area (Å²) in [6.45, 7) is 5.50. The van der Waals surface area contributed by atoms with E-state index in [0.29, 0.717) is 0 Å². The van der Waals surface area contributed by atoms with Gasteiger partial charge >= 0.3 is 0 Å². The minimum absolute atomic E-state index is 0.662. The first-order valence-electron chi connectivity index (χ1n) is 5.49. The van der Waals surface area contributed by atoms with Crippen molar-refractivity contribution in [3.63, 3.8) is 0 Å². The Morgan fingerprint density at radius 1 is 1.06 bits per heavy atom. The second kappa shape index (κ2) is 4.49. The van der Waals surface area contributed by atoms with Gasteiger partial charge in [0.25, 0.3) is 0 Å². The molecular weight excluding hydrogens is 204 g/mol. The molecule has 1 N–H and O–H groups in total. The van der Waals surface area contributed by atoms with Crippen molar-refractivity contribution in [2.45, 2.75) is 33.0 Å². The average Bonchev–Trinajstić information content (AvgIpc) is 2.96. The van der Waals surface area contributed by atoms with Crippen LogP contribution < -0.4 is 0 Å². The van der Waals surface area contributed by atoms with Crippen molar-refractivity contribution in [2.24, 2.45) is 0 Å². The van der Waals surface area contributed by atoms with E-state index in [2.05, 4.69) is 10.2 Å². The first kappa shape index (κ1) is 10.9. The van der Waals surface area contributed by atoms with Gasteiger partial charge in [-0.25, -0.2) is 0 Å². The van der Waals surface area contributed by atoms with Crippen molar-refractivity contribution < 1.29 is 5.11 Å². The maximum Gasteiger partial charge on any atom is 0.137 e. The van der Waals surface area contributed by atoms with Crippen molar-refractivity contribution in [1.82, 2.24) is 19.6 Å². The number of rotatable bonds is 4. The molecule has 0 bridgehead atoms. The van der Waals surface area contributed by atoms with E-state index in [0.717, 1.165) is 24.5 Å². The lowest BCUT2D eigenvalue weighted by atomic mass is 10.2. The first-order valence-corrected chi connectivity index (χ1v) is 5.49. The third kappa shape index (κ3) is 1.74. The van der Waals surface area contributed by atoms with Crippen molar-refractivity contribution >= 4 is 0 Å². The quantitative estimate of drug-likeness (QED) is 0.842. The van der Waals surface area contributed by atoms with Crippen molar-refractivity contribution in [2.75, 3.05) is 0 Å². The Hall–Kier alpha value is -1.62. The van der Waals surface area contributed by atoms with E-state index in [1.807, 2.05) is 26.0 Å². The van der Waals surface area contributed by atoms with Gasteiger partial charge in [0, 0.05) is 25.5 Å². The molecule has 0 unspecified atom stereocenters. The molecule has 2 rings (SSSR count). The van der Waals surface area contributed by atoms with Gasteiger partial charge in [0.1, 0.15) is 6.10 Å². The van der Waals surface area contributed by atoms with Crippen LogP contribution in [-0.4, -0.2) is 24.7 Å². The lowest BCUT2D eigenvalue weighted by Crippen LogP contribution is -2.13. The van der Waals surface area contributed by atoms with Gasteiger partial charge < -0.3 is 5.11 Å². The van der Waals surface area contributed by atoms with Gasteiger partial charge in [0.05, 0.1) is 11.4 Å². The van der Waals surface area contributed by atoms with Crippen molar-refractivity contribution in [3.05, 3.63) is 35.9 Å². The van der Waals surface area contributed by atoms with E-state index < -0.39 is 6.10 Å². The zero-order chi connectivity index (χ0) is 11.5. The Kier molecular flexibility index (Phi) is 3.05. The van der Waals surface area contributed by atoms with E-state index in [1.165, 1.54) is 0 Å². The molecule has 0 spiro atoms. The number of aryl methyl sites for hydroxylation is 2. The maximum atomic E-state index is 10.3. The summed E-state index contributed by atoms with van der Waals surface area (Å²) in [6, 6.07) is 3.67. The topological polar surface area (TPSA) is 55.9 Å². The molecular formula is C11H16N4O. The molecule has 0 aliphatic rings. The molecule has 2 aromatic rings. The summed E-state index contributed by atoms with van der Waals surface area (Å²) in [4.78, 5) is 0. The van der Waals surface area contributed by atoms with Crippen LogP contribution in [-0.2, 0) is 13.1 Å². The molecule has 5 nitrogen and oxygen atoms in total. The van der Waals surface area contributed by atoms with Gasteiger partial charge in [0.15, 0.2) is 0 Å². The highest BCUT2D eigenvalue weighted by Crippen LogP contribution is 2.21. The highest BCUT2D eigenvalue weighted by atomic mass is 16.3. The zero-order valence-corrected chi connectivity index (χ0v) is 9.54. The molecule has 0 radical (unpaired) electrons. The molecule has 0 aromatic carbocycles. The first-order chi connectivity index (χ1) is 7.77. The molecule has 0 atom stereocenters. The van der Waals surface area contributed by atoms with Crippen LogP contribution >= 0.6 is 0 Å². The van der Waals surface area contributed by atoms with Crippen LogP contribution in [0.2, 0.25) is 0 Å². The molecule has 2 aromatic heterocycles. The van der Waals surface area contributed by atoms with Gasteiger partial charge in [-0.15, -0.1) is 0 Å². The minimum atomic E-state index is -0.662. The predicted molar refractivity (Wildman–Crippen MR) is 59.9 cm³/mol. The van der Waals surface area contributed by atoms with Crippen molar-refractivity contribution in [3.8, 4) is 0 Å². The van der Waals surface area contributed by atoms with Gasteiger partial charge in [0.2, 0.25) is 0 Å². The normalized spacial score (nSPS) is 11.2. The van der Waals surface area contributed by atoms with Crippen LogP contribution in [0.1, 0.15) is 31.3 Å². The largest absolute Gasteiger partial charge is 0.380 e. The Bertz CT molecular complexity index is 418. The number of aromatic nitrogens is 4. The fourth-order valence-corrected chi connectivity index (χ4v) is 1.83. The number of hydrogen-bond donors (Lipinski definition) is 1. The highest BCUT2D eigenvalue weighted by molar-refractivity contribution is 5.18. The molecule has 0 fully saturated rings. The number of hydrogen-bond acceptors (Lipinski definition) is 3. The van der Waals surface area contributed by atoms with Crippen LogP contribution in [0.4, 0.5) is 0 Å². The van der Waals surface area contributed by atoms with Crippen LogP contribution in [0.25, 0.3) is 0 Å². The Labute approximate surface area is 94.3 Å². The summed E-state index contributed by atoms with van der Waals surface area (Å²) >= 11 is 0. The summed E-state index contributed by atoms with van der Waals surface area (Å²) in [5.41, 5.74) is 1.61. The second-order valence-electron chi connectivity index (χ2n) is 3.55. The number of nitrogens with zero attached hydrogens (tertiary/aromatic N) is 4. The maximum absolute atomic E-state index is 10.3. The Morgan fingerprint density at radius 3 is 1.88 bits per heavy atom. The third-order valence-corrected chi connectivity index (χ3v) is 2.66. The molecule has 0 saturated carbocycles. The fraction of sp³-hybridized carbons (Fsp3) is 0.455. The molecule has 2 heterocycles. The molecule has 0 saturated heterocycles. The predicted octanol–water partition coefficient (Wildman–Crippen LogP) is 1.20. The fourth-order valence-electron chi connectivity index (χ4n) is 1.83. The van der Waals surface area contributed by atoms with Gasteiger partial charge in [-0.1, -0.05) is 0 Å². The molecule has 5 heteroatoms. The lowest BCUT2D eigenvalue weighted by Gasteiger charge is -2.13. The van der Waals surface area contributed by atoms with Gasteiger partial charge in [-0.05, 0) is 26.0 Å². The summed E-state index contributed by atoms with van der Waals surface area (Å²) in [5, 5.41) is 18.6. The summed E-state index contributed by atoms with van der Waals surface area (Å²) < 4.78 is 3.58. The molecule has 0 aliphatic heterocycles. The third-order valence-electron chi connectivity index (χ3n) is 2.66. The van der Waals surface area contributed by atoms with E-state index in [4.69, 9.17) is 0 Å². The Balaban J connectivity index is 2.35. The average molecular weight is 220 g/mol. The van der Waals surface area contributed by atoms with E-state index in [1.54, 1.807) is 21.8 Å². The van der Waals surface area contributed by atoms with Crippen LogP contribution in [0.3, 0.4) is 0 Å². The summed E-state index contributed by atoms with van der Waals surface area (Å²) in [7, 11) is 0. The summed E-state index contributed by atoms with van der Waals surface area (Å²) in [6.07, 6.45) is 2.74. The van der Waals surface area contributed by atoms with Crippen LogP contribution in [0.5, 0.6) is 0 Å². The highest BCUT2D eigenvalue weighted by Gasteiger charge is 2.18. The van der Waals surface area contributed by atoms with E-state index in [-0.39, 0.29) is 0 Å². The Morgan fingerprint density at radius 2 is 1.50 bits per heavy atom. The second-order valence-corrected chi connectivity index (χ2v) is 3.55. The molecule has 86 valence electrons. The number of aliphatic hydroxyl groups excluding tert-OH is 1. The smallest absolute Gasteiger partial charge is 0.137 e. The monoisotopic (exact) mass is 220 g/mol. The van der Waals surface area contributed by atoms with E-state index >= 15 is 0 Å². The zero-order valence-electron chi connectivity index (χ0n) is 9.54. The minimum Gasteiger partial charge on any atom is -0.380 e. The SMILES string of the molecule is CCn1nccc1C(O)c1ccnn1CC. The standard InChI is InChI=1S/C11H16N4O/c1-3-14-9(5-7-12-14)11(16)10-6-8-13-15(10)4-2/h5-8,11,16H,3-4H2,1-2H3. The van der Waals surface area contributed by atoms with Gasteiger partial charge in [-0.3, -0.25) is 9.36 Å². The lowest BCUT2D eigenvalue weighted by molar-refractivity contribution is 0.196. The van der Waals surface area contributed by atoms with Crippen LogP contribution in [0.15, 0.2) is 24.5 Å².